The summed E-state index contributed by atoms with van der Waals surface area (Å²) < 4.78 is 0. The quantitative estimate of drug-likeness (QED) is 0.294. The van der Waals surface area contributed by atoms with Crippen molar-refractivity contribution in [1.82, 2.24) is 10.3 Å². The van der Waals surface area contributed by atoms with E-state index in [1.165, 1.54) is 0 Å². The lowest BCUT2D eigenvalue weighted by Crippen LogP contribution is -2.23. The van der Waals surface area contributed by atoms with Gasteiger partial charge in [0.15, 0.2) is 0 Å². The van der Waals surface area contributed by atoms with E-state index in [1.807, 2.05) is 19.1 Å². The number of nitrogens with two attached hydrogens (primary N) is 1. The number of hydrogen-bond donors (Lipinski definition) is 3. The molecule has 5 nitrogen and oxygen atoms in total. The molecule has 0 aliphatic carbocycles. The molecule has 0 aliphatic heterocycles. The molecule has 29 heavy (non-hydrogen) atoms. The van der Waals surface area contributed by atoms with Crippen molar-refractivity contribution in [1.29, 1.82) is 5.41 Å². The summed E-state index contributed by atoms with van der Waals surface area (Å²) >= 11 is 0. The van der Waals surface area contributed by atoms with Crippen LogP contribution >= 0.6 is 0 Å². The minimum absolute atomic E-state index is 0.228. The highest BCUT2D eigenvalue weighted by atomic mass is 16.1. The third-order valence-corrected chi connectivity index (χ3v) is 3.19. The van der Waals surface area contributed by atoms with Gasteiger partial charge in [0, 0.05) is 36.2 Å². The van der Waals surface area contributed by atoms with Crippen LogP contribution in [0.15, 0.2) is 72.8 Å². The van der Waals surface area contributed by atoms with E-state index in [1.54, 1.807) is 30.6 Å². The zero-order valence-corrected chi connectivity index (χ0v) is 17.9. The van der Waals surface area contributed by atoms with Gasteiger partial charge in [0.05, 0.1) is 5.70 Å². The first-order valence-electron chi connectivity index (χ1n) is 9.22. The number of allylic oxidation sites excluding steroid dienone is 4. The van der Waals surface area contributed by atoms with Gasteiger partial charge in [0.2, 0.25) is 0 Å². The van der Waals surface area contributed by atoms with Crippen molar-refractivity contribution >= 4 is 12.1 Å². The minimum atomic E-state index is -0.334. The zero-order chi connectivity index (χ0) is 22.3. The Kier molecular flexibility index (Phi) is 12.3. The molecule has 0 saturated heterocycles. The first kappa shape index (κ1) is 25.8. The molecular weight excluding hydrogens is 360 g/mol. The van der Waals surface area contributed by atoms with Crippen molar-refractivity contribution in [3.63, 3.8) is 0 Å². The number of rotatable bonds is 6. The van der Waals surface area contributed by atoms with Gasteiger partial charge in [-0.25, -0.2) is 0 Å². The fourth-order valence-electron chi connectivity index (χ4n) is 1.47. The van der Waals surface area contributed by atoms with Gasteiger partial charge in [-0.05, 0) is 37.1 Å². The molecule has 1 aromatic heterocycles. The van der Waals surface area contributed by atoms with Crippen molar-refractivity contribution in [2.75, 3.05) is 6.54 Å². The molecule has 0 radical (unpaired) electrons. The second kappa shape index (κ2) is 13.9. The number of aromatic nitrogens is 1. The highest BCUT2D eigenvalue weighted by Crippen LogP contribution is 2.07. The molecule has 0 saturated carbocycles. The van der Waals surface area contributed by atoms with Crippen LogP contribution in [-0.4, -0.2) is 23.7 Å². The average molecular weight is 393 g/mol. The van der Waals surface area contributed by atoms with Crippen LogP contribution < -0.4 is 11.1 Å². The number of nitrogens with zero attached hydrogens (tertiary/aromatic N) is 1. The normalized spacial score (nSPS) is 10.9. The number of amides is 1. The summed E-state index contributed by atoms with van der Waals surface area (Å²) in [6.07, 6.45) is 9.89. The molecule has 5 heteroatoms. The fourth-order valence-corrected chi connectivity index (χ4v) is 1.47. The van der Waals surface area contributed by atoms with E-state index in [0.717, 1.165) is 23.9 Å². The van der Waals surface area contributed by atoms with Gasteiger partial charge >= 0.3 is 0 Å². The summed E-state index contributed by atoms with van der Waals surface area (Å²) in [4.78, 5) is 16.1. The Hall–Kier alpha value is -3.23. The van der Waals surface area contributed by atoms with Crippen LogP contribution in [0.1, 0.15) is 39.7 Å². The van der Waals surface area contributed by atoms with Gasteiger partial charge in [0.1, 0.15) is 0 Å². The predicted octanol–water partition coefficient (Wildman–Crippen LogP) is 4.15. The molecular formula is C24H32N4O. The molecule has 0 fully saturated rings. The second-order valence-corrected chi connectivity index (χ2v) is 7.48. The molecule has 0 bridgehead atoms. The van der Waals surface area contributed by atoms with E-state index in [4.69, 9.17) is 11.1 Å². The maximum atomic E-state index is 12.1. The SMILES string of the molecule is C=C(C)/C=C\C(=C/CC#Cc1cccnc1)C(=O)NC(=C)C=N.CC(C)(C)CN. The van der Waals surface area contributed by atoms with Crippen molar-refractivity contribution < 1.29 is 4.79 Å². The van der Waals surface area contributed by atoms with E-state index < -0.39 is 0 Å². The highest BCUT2D eigenvalue weighted by molar-refractivity contribution is 5.99. The van der Waals surface area contributed by atoms with Crippen LogP contribution in [0.25, 0.3) is 0 Å². The Bertz CT molecular complexity index is 816. The third-order valence-electron chi connectivity index (χ3n) is 3.19. The number of carbonyl (C=O) groups is 1. The average Bonchev–Trinajstić information content (AvgIpc) is 2.67. The molecule has 154 valence electrons. The van der Waals surface area contributed by atoms with Crippen LogP contribution in [0.5, 0.6) is 0 Å². The molecule has 1 aromatic rings. The van der Waals surface area contributed by atoms with E-state index in [-0.39, 0.29) is 11.6 Å². The Morgan fingerprint density at radius 3 is 2.48 bits per heavy atom. The molecule has 4 N–H and O–H groups in total. The summed E-state index contributed by atoms with van der Waals surface area (Å²) in [5.41, 5.74) is 7.94. The van der Waals surface area contributed by atoms with E-state index in [0.29, 0.717) is 17.4 Å². The highest BCUT2D eigenvalue weighted by Gasteiger charge is 2.06. The lowest BCUT2D eigenvalue weighted by Gasteiger charge is -2.12. The molecule has 1 rings (SSSR count). The van der Waals surface area contributed by atoms with Crippen molar-refractivity contribution in [3.05, 3.63) is 78.3 Å². The number of nitrogens with one attached hydrogen (secondary N) is 2. The van der Waals surface area contributed by atoms with Crippen LogP contribution in [0, 0.1) is 22.7 Å². The molecule has 0 unspecified atom stereocenters. The lowest BCUT2D eigenvalue weighted by atomic mass is 9.98. The fraction of sp³-hybridized carbons (Fsp3) is 0.292. The van der Waals surface area contributed by atoms with Crippen LogP contribution in [-0.2, 0) is 4.79 Å². The lowest BCUT2D eigenvalue weighted by molar-refractivity contribution is -0.116. The van der Waals surface area contributed by atoms with E-state index in [2.05, 4.69) is 56.1 Å². The monoisotopic (exact) mass is 392 g/mol. The van der Waals surface area contributed by atoms with Crippen molar-refractivity contribution in [2.45, 2.75) is 34.1 Å². The van der Waals surface area contributed by atoms with Crippen LogP contribution in [0.4, 0.5) is 0 Å². The topological polar surface area (TPSA) is 91.9 Å². The standard InChI is InChI=1S/C19H19N3O.C5H13N/c1-15(2)10-11-18(19(23)22-16(3)13-20)9-5-4-7-17-8-6-12-21-14-17;1-5(2,3)4-6/h6,8-14,20H,1,3,5H2,2H3,(H,22,23);4,6H2,1-3H3/b11-10-,18-9+,20-13?;. The van der Waals surface area contributed by atoms with Gasteiger partial charge in [-0.15, -0.1) is 0 Å². The van der Waals surface area contributed by atoms with Crippen molar-refractivity contribution in [2.24, 2.45) is 11.1 Å². The Labute approximate surface area is 175 Å². The third kappa shape index (κ3) is 14.5. The zero-order valence-electron chi connectivity index (χ0n) is 17.9. The van der Waals surface area contributed by atoms with Crippen molar-refractivity contribution in [3.8, 4) is 11.8 Å². The van der Waals surface area contributed by atoms with E-state index in [9.17, 15) is 4.79 Å². The Balaban J connectivity index is 0.00000113. The summed E-state index contributed by atoms with van der Waals surface area (Å²) in [6, 6.07) is 3.68. The molecule has 1 heterocycles. The summed E-state index contributed by atoms with van der Waals surface area (Å²) in [5, 5.41) is 9.59. The first-order valence-corrected chi connectivity index (χ1v) is 9.22. The molecule has 0 atom stereocenters. The van der Waals surface area contributed by atoms with Gasteiger partial charge in [-0.1, -0.05) is 63.5 Å². The summed E-state index contributed by atoms with van der Waals surface area (Å²) in [5.74, 6) is 5.61. The van der Waals surface area contributed by atoms with Crippen LogP contribution in [0.3, 0.4) is 0 Å². The predicted molar refractivity (Wildman–Crippen MR) is 122 cm³/mol. The maximum absolute atomic E-state index is 12.1. The molecule has 0 spiro atoms. The molecule has 1 amide bonds. The molecule has 0 aliphatic rings. The van der Waals surface area contributed by atoms with Crippen LogP contribution in [0.2, 0.25) is 0 Å². The van der Waals surface area contributed by atoms with Gasteiger partial charge in [-0.3, -0.25) is 9.78 Å². The Morgan fingerprint density at radius 1 is 1.34 bits per heavy atom. The second-order valence-electron chi connectivity index (χ2n) is 7.48. The summed E-state index contributed by atoms with van der Waals surface area (Å²) in [6.45, 7) is 16.3. The van der Waals surface area contributed by atoms with Gasteiger partial charge < -0.3 is 16.5 Å². The Morgan fingerprint density at radius 2 is 2.00 bits per heavy atom. The smallest absolute Gasteiger partial charge is 0.255 e. The van der Waals surface area contributed by atoms with Gasteiger partial charge in [-0.2, -0.15) is 0 Å². The first-order chi connectivity index (χ1) is 13.6. The summed E-state index contributed by atoms with van der Waals surface area (Å²) in [7, 11) is 0. The van der Waals surface area contributed by atoms with E-state index >= 15 is 0 Å². The largest absolute Gasteiger partial charge is 0.330 e. The number of pyridine rings is 1. The van der Waals surface area contributed by atoms with Gasteiger partial charge in [0.25, 0.3) is 5.91 Å². The number of hydrogen-bond acceptors (Lipinski definition) is 4. The molecule has 0 aromatic carbocycles. The minimum Gasteiger partial charge on any atom is -0.330 e. The maximum Gasteiger partial charge on any atom is 0.255 e. The number of carbonyl (C=O) groups excluding carboxylic acids is 1.